The number of hydrogen-bond donors (Lipinski definition) is 0. The van der Waals surface area contributed by atoms with Gasteiger partial charge in [-0.3, -0.25) is 0 Å². The van der Waals surface area contributed by atoms with E-state index in [4.69, 9.17) is 23.5 Å². The molecule has 2 aromatic heterocycles. The SMILES string of the molecule is O=C([O][Ga]1[n]2c3c4ccccc4c2N=C2N=C(N=c4c5ccccc5c([n]41)=NC1=NC(=N3)c3ccccc31)c1ccccc12)C(F)(F)C(F)(F)C(F)(F)C(F)(F)C(F)(F)C(F)(F)F. The number of aliphatic imine (C=N–C) groups is 4. The predicted molar refractivity (Wildman–Crippen MR) is 198 cm³/mol. The zero-order valence-electron chi connectivity index (χ0n) is 30.6. The van der Waals surface area contributed by atoms with Gasteiger partial charge >= 0.3 is 348 Å². The number of carbonyl (C=O) groups is 1. The van der Waals surface area contributed by atoms with Crippen LogP contribution in [0.1, 0.15) is 22.3 Å². The Morgan fingerprint density at radius 1 is 0.429 bits per heavy atom. The molecule has 0 N–H and O–H groups in total. The Morgan fingerprint density at radius 3 is 1.17 bits per heavy atom. The van der Waals surface area contributed by atoms with Gasteiger partial charge < -0.3 is 0 Å². The number of hydrogen-bond acceptors (Lipinski definition) is 8. The van der Waals surface area contributed by atoms with Crippen molar-refractivity contribution >= 4 is 79.6 Å². The molecule has 0 spiro atoms. The van der Waals surface area contributed by atoms with E-state index in [-0.39, 0.29) is 67.5 Å². The number of fused-ring (bicyclic) bond motifs is 14. The van der Waals surface area contributed by atoms with E-state index >= 15 is 17.6 Å². The van der Waals surface area contributed by atoms with Crippen LogP contribution >= 0.6 is 0 Å². The van der Waals surface area contributed by atoms with Crippen LogP contribution in [-0.2, 0) is 8.32 Å². The molecule has 4 aliphatic heterocycles. The number of alkyl halides is 13. The molecule has 0 radical (unpaired) electrons. The zero-order valence-corrected chi connectivity index (χ0v) is 33.0. The quantitative estimate of drug-likeness (QED) is 0.124. The third-order valence-corrected chi connectivity index (χ3v) is 15.5. The number of halogens is 13. The van der Waals surface area contributed by atoms with Crippen molar-refractivity contribution in [3.05, 3.63) is 130 Å². The van der Waals surface area contributed by atoms with E-state index in [1.165, 1.54) is 48.5 Å². The summed E-state index contributed by atoms with van der Waals surface area (Å²) < 4.78 is 195. The Hall–Kier alpha value is -6.56. The van der Waals surface area contributed by atoms with Crippen LogP contribution < -0.4 is 11.0 Å². The van der Waals surface area contributed by atoms with E-state index in [0.29, 0.717) is 22.3 Å². The molecule has 6 bridgehead atoms. The summed E-state index contributed by atoms with van der Waals surface area (Å²) >= 11 is -5.81. The fraction of sp³-hybridized carbons (Fsp3) is 0.154. The molecule has 0 saturated carbocycles. The normalized spacial score (nSPS) is 16.0. The van der Waals surface area contributed by atoms with Gasteiger partial charge in [0.05, 0.1) is 0 Å². The summed E-state index contributed by atoms with van der Waals surface area (Å²) in [6, 6.07) is 24.8. The zero-order chi connectivity index (χ0) is 44.8. The number of rotatable bonds is 6. The monoisotopic (exact) mass is 944 g/mol. The van der Waals surface area contributed by atoms with Gasteiger partial charge in [-0.1, -0.05) is 0 Å². The molecule has 0 atom stereocenters. The number of benzene rings is 4. The van der Waals surface area contributed by atoms with E-state index in [1.807, 2.05) is 0 Å². The summed E-state index contributed by atoms with van der Waals surface area (Å²) in [6.45, 7) is 0. The number of aromatic nitrogens is 2. The predicted octanol–water partition coefficient (Wildman–Crippen LogP) is 8.20. The topological polar surface area (TPSA) is 110 Å². The van der Waals surface area contributed by atoms with Gasteiger partial charge in [0.15, 0.2) is 0 Å². The first kappa shape index (κ1) is 40.5. The second kappa shape index (κ2) is 13.0. The van der Waals surface area contributed by atoms with Crippen molar-refractivity contribution in [1.29, 1.82) is 0 Å². The van der Waals surface area contributed by atoms with Gasteiger partial charge in [0.25, 0.3) is 0 Å². The summed E-state index contributed by atoms with van der Waals surface area (Å²) in [4.78, 5) is 41.9. The van der Waals surface area contributed by atoms with Crippen LogP contribution in [0.25, 0.3) is 21.5 Å². The molecular weight excluding hydrogens is 929 g/mol. The Balaban J connectivity index is 1.31. The van der Waals surface area contributed by atoms with E-state index in [1.54, 1.807) is 48.5 Å². The minimum atomic E-state index is -8.27. The van der Waals surface area contributed by atoms with Crippen LogP contribution in [0, 0.1) is 0 Å². The van der Waals surface area contributed by atoms with Crippen molar-refractivity contribution in [3.8, 4) is 0 Å². The molecule has 6 aromatic rings. The molecule has 0 amide bonds. The van der Waals surface area contributed by atoms with Crippen LogP contribution in [0.5, 0.6) is 0 Å². The molecule has 6 heterocycles. The second-order valence-corrected chi connectivity index (χ2v) is 18.3. The van der Waals surface area contributed by atoms with E-state index < -0.39 is 58.8 Å². The molecule has 0 unspecified atom stereocenters. The molecule has 318 valence electrons. The first-order chi connectivity index (χ1) is 29.6. The molecule has 0 fully saturated rings. The molecule has 4 aliphatic rings. The standard InChI is InChI=1S/C32H16N8.C7HF13O2.Ga/c1-2-10-18-17(9-1)25-33-26(18)38-28-21-13-5-6-14-22(21)30(35-28)40-32-24-16-8-7-15-23(24)31(36-32)39-29-20-12-4-3-11-19(20)27(34-29)37-25;8-2(9,1(21)22)3(10,11)4(12,13)5(14,15)6(16,17)7(18,19)20;/h1-16H;(H,21,22);/q-2;;+3/p-1. The van der Waals surface area contributed by atoms with Crippen LogP contribution in [0.15, 0.2) is 127 Å². The molecule has 24 heteroatoms. The average molecular weight is 945 g/mol. The number of carbonyl (C=O) groups excluding carboxylic acids is 1. The third kappa shape index (κ3) is 5.32. The Morgan fingerprint density at radius 2 is 0.778 bits per heavy atom. The van der Waals surface area contributed by atoms with Crippen LogP contribution in [0.4, 0.5) is 68.7 Å². The van der Waals surface area contributed by atoms with E-state index in [0.717, 1.165) is 6.55 Å². The van der Waals surface area contributed by atoms with Gasteiger partial charge in [-0.25, -0.2) is 0 Å². The van der Waals surface area contributed by atoms with Crippen LogP contribution in [0.3, 0.4) is 0 Å². The van der Waals surface area contributed by atoms with Crippen molar-refractivity contribution in [2.75, 3.05) is 0 Å². The fourth-order valence-electron chi connectivity index (χ4n) is 7.56. The van der Waals surface area contributed by atoms with Gasteiger partial charge in [-0.15, -0.1) is 0 Å². The molecule has 0 saturated heterocycles. The Kier molecular flexibility index (Phi) is 8.35. The molecule has 4 aromatic carbocycles. The Bertz CT molecular complexity index is 3130. The molecule has 63 heavy (non-hydrogen) atoms. The minimum absolute atomic E-state index is 0.0716. The number of nitrogens with zero attached hydrogens (tertiary/aromatic N) is 8. The summed E-state index contributed by atoms with van der Waals surface area (Å²) in [5, 5.41) is 0.496. The van der Waals surface area contributed by atoms with E-state index in [9.17, 15) is 44.3 Å². The third-order valence-electron chi connectivity index (χ3n) is 10.7. The first-order valence-corrected chi connectivity index (χ1v) is 21.2. The maximum atomic E-state index is 15.9. The summed E-state index contributed by atoms with van der Waals surface area (Å²) in [7, 11) is 0. The van der Waals surface area contributed by atoms with E-state index in [2.05, 4.69) is 9.98 Å². The first-order valence-electron chi connectivity index (χ1n) is 18.0. The van der Waals surface area contributed by atoms with Crippen LogP contribution in [0.2, 0.25) is 0 Å². The molecular formula is C39H16F13GaN8O2. The van der Waals surface area contributed by atoms with Crippen LogP contribution in [-0.4, -0.2) is 88.7 Å². The van der Waals surface area contributed by atoms with Crippen molar-refractivity contribution < 1.29 is 65.4 Å². The van der Waals surface area contributed by atoms with Gasteiger partial charge in [-0.05, 0) is 0 Å². The fourth-order valence-corrected chi connectivity index (χ4v) is 12.6. The summed E-state index contributed by atoms with van der Waals surface area (Å²) in [5.41, 5.74) is 0.852. The van der Waals surface area contributed by atoms with Gasteiger partial charge in [0, 0.05) is 0 Å². The van der Waals surface area contributed by atoms with Crippen molar-refractivity contribution in [1.82, 2.24) is 6.55 Å². The average Bonchev–Trinajstić information content (AvgIpc) is 3.95. The van der Waals surface area contributed by atoms with Gasteiger partial charge in [0.2, 0.25) is 0 Å². The van der Waals surface area contributed by atoms with Crippen molar-refractivity contribution in [2.45, 2.75) is 35.8 Å². The van der Waals surface area contributed by atoms with Crippen molar-refractivity contribution in [3.63, 3.8) is 0 Å². The maximum absolute atomic E-state index is 15.9. The van der Waals surface area contributed by atoms with Gasteiger partial charge in [0.1, 0.15) is 0 Å². The second-order valence-electron chi connectivity index (χ2n) is 14.3. The molecule has 10 rings (SSSR count). The van der Waals surface area contributed by atoms with Gasteiger partial charge in [-0.2, -0.15) is 0 Å². The number of amidine groups is 4. The van der Waals surface area contributed by atoms with Crippen molar-refractivity contribution in [2.24, 2.45) is 30.0 Å². The Labute approximate surface area is 346 Å². The molecule has 0 aliphatic carbocycles. The summed E-state index contributed by atoms with van der Waals surface area (Å²) in [6.07, 6.45) is -7.66. The molecule has 10 nitrogen and oxygen atoms in total. The summed E-state index contributed by atoms with van der Waals surface area (Å²) in [5.74, 6) is -44.4.